The molecule has 114 valence electrons. The molecule has 2 N–H and O–H groups in total. The Morgan fingerprint density at radius 1 is 1.33 bits per heavy atom. The monoisotopic (exact) mass is 299 g/mol. The van der Waals surface area contributed by atoms with Crippen molar-refractivity contribution in [3.63, 3.8) is 0 Å². The van der Waals surface area contributed by atoms with Gasteiger partial charge >= 0.3 is 12.1 Å². The number of halogens is 2. The Kier molecular flexibility index (Phi) is 4.40. The maximum atomic E-state index is 12.8. The number of alkyl halides is 2. The molecule has 1 atom stereocenters. The summed E-state index contributed by atoms with van der Waals surface area (Å²) in [5.41, 5.74) is 0.745. The summed E-state index contributed by atoms with van der Waals surface area (Å²) in [6, 6.07) is 7.48. The first-order chi connectivity index (χ1) is 9.87. The van der Waals surface area contributed by atoms with Crippen molar-refractivity contribution in [2.24, 2.45) is 5.92 Å². The third-order valence-corrected chi connectivity index (χ3v) is 3.35. The average Bonchev–Trinajstić information content (AvgIpc) is 2.40. The zero-order valence-corrected chi connectivity index (χ0v) is 11.1. The van der Waals surface area contributed by atoms with Crippen molar-refractivity contribution in [3.8, 4) is 0 Å². The lowest BCUT2D eigenvalue weighted by atomic mass is 9.76. The van der Waals surface area contributed by atoms with Gasteiger partial charge in [0.05, 0.1) is 0 Å². The molecule has 0 bridgehead atoms. The minimum atomic E-state index is -2.84. The van der Waals surface area contributed by atoms with Crippen molar-refractivity contribution in [1.82, 2.24) is 5.32 Å². The van der Waals surface area contributed by atoms with Gasteiger partial charge in [-0.05, 0) is 5.56 Å². The third kappa shape index (κ3) is 4.14. The van der Waals surface area contributed by atoms with E-state index in [1.165, 1.54) is 0 Å². The van der Waals surface area contributed by atoms with E-state index in [-0.39, 0.29) is 6.61 Å². The van der Waals surface area contributed by atoms with Gasteiger partial charge in [-0.25, -0.2) is 18.4 Å². The zero-order chi connectivity index (χ0) is 15.5. The van der Waals surface area contributed by atoms with Crippen molar-refractivity contribution in [2.75, 3.05) is 0 Å². The van der Waals surface area contributed by atoms with Gasteiger partial charge in [0, 0.05) is 18.8 Å². The van der Waals surface area contributed by atoms with Crippen molar-refractivity contribution < 1.29 is 28.2 Å². The molecule has 1 unspecified atom stereocenters. The number of hydrogen-bond acceptors (Lipinski definition) is 3. The summed E-state index contributed by atoms with van der Waals surface area (Å²) in [4.78, 5) is 22.6. The molecule has 0 aromatic heterocycles. The van der Waals surface area contributed by atoms with Crippen molar-refractivity contribution in [1.29, 1.82) is 0 Å². The Morgan fingerprint density at radius 3 is 2.48 bits per heavy atom. The number of benzene rings is 1. The largest absolute Gasteiger partial charge is 0.480 e. The number of nitrogens with one attached hydrogen (secondary N) is 1. The Labute approximate surface area is 119 Å². The van der Waals surface area contributed by atoms with Gasteiger partial charge in [0.2, 0.25) is 5.92 Å². The number of amides is 1. The third-order valence-electron chi connectivity index (χ3n) is 3.35. The summed E-state index contributed by atoms with van der Waals surface area (Å²) in [6.07, 6.45) is -2.01. The van der Waals surface area contributed by atoms with Crippen LogP contribution in [0.25, 0.3) is 0 Å². The first kappa shape index (κ1) is 15.2. The van der Waals surface area contributed by atoms with Crippen LogP contribution in [-0.4, -0.2) is 29.1 Å². The smallest absolute Gasteiger partial charge is 0.408 e. The fourth-order valence-corrected chi connectivity index (χ4v) is 2.22. The molecule has 2 rings (SSSR count). The number of ether oxygens (including phenoxy) is 1. The lowest BCUT2D eigenvalue weighted by molar-refractivity contribution is -0.152. The Balaban J connectivity index is 1.83. The SMILES string of the molecule is O=C(NC(C(=O)O)C1CC(F)(F)C1)OCc1ccccc1. The zero-order valence-electron chi connectivity index (χ0n) is 11.1. The molecular weight excluding hydrogens is 284 g/mol. The quantitative estimate of drug-likeness (QED) is 0.875. The fraction of sp³-hybridized carbons (Fsp3) is 0.429. The van der Waals surface area contributed by atoms with E-state index in [0.717, 1.165) is 5.56 Å². The highest BCUT2D eigenvalue weighted by Crippen LogP contribution is 2.44. The van der Waals surface area contributed by atoms with E-state index < -0.39 is 42.8 Å². The molecule has 0 saturated heterocycles. The van der Waals surface area contributed by atoms with Gasteiger partial charge in [0.1, 0.15) is 12.6 Å². The molecule has 1 aliphatic rings. The molecule has 1 fully saturated rings. The van der Waals surface area contributed by atoms with Crippen molar-refractivity contribution in [2.45, 2.75) is 31.4 Å². The van der Waals surface area contributed by atoms with Gasteiger partial charge in [-0.3, -0.25) is 0 Å². The number of hydrogen-bond donors (Lipinski definition) is 2. The van der Waals surface area contributed by atoms with Crippen LogP contribution >= 0.6 is 0 Å². The van der Waals surface area contributed by atoms with Crippen LogP contribution in [0.5, 0.6) is 0 Å². The molecule has 7 heteroatoms. The topological polar surface area (TPSA) is 75.6 Å². The van der Waals surface area contributed by atoms with Crippen LogP contribution in [0.4, 0.5) is 13.6 Å². The first-order valence-corrected chi connectivity index (χ1v) is 6.45. The highest BCUT2D eigenvalue weighted by atomic mass is 19.3. The molecule has 0 aliphatic heterocycles. The number of rotatable bonds is 5. The van der Waals surface area contributed by atoms with Crippen LogP contribution in [0.2, 0.25) is 0 Å². The van der Waals surface area contributed by atoms with Crippen LogP contribution in [-0.2, 0) is 16.1 Å². The minimum absolute atomic E-state index is 0.0140. The van der Waals surface area contributed by atoms with E-state index in [1.807, 2.05) is 0 Å². The van der Waals surface area contributed by atoms with E-state index in [2.05, 4.69) is 5.32 Å². The molecule has 1 aromatic carbocycles. The second-order valence-corrected chi connectivity index (χ2v) is 5.05. The first-order valence-electron chi connectivity index (χ1n) is 6.45. The van der Waals surface area contributed by atoms with Crippen LogP contribution in [0, 0.1) is 5.92 Å². The maximum Gasteiger partial charge on any atom is 0.408 e. The average molecular weight is 299 g/mol. The molecule has 0 spiro atoms. The summed E-state index contributed by atoms with van der Waals surface area (Å²) in [5, 5.41) is 11.1. The van der Waals surface area contributed by atoms with E-state index >= 15 is 0 Å². The molecule has 0 radical (unpaired) electrons. The molecule has 1 amide bonds. The van der Waals surface area contributed by atoms with Gasteiger partial charge in [-0.15, -0.1) is 0 Å². The van der Waals surface area contributed by atoms with Crippen LogP contribution < -0.4 is 5.32 Å². The number of carboxylic acids is 1. The van der Waals surface area contributed by atoms with Crippen molar-refractivity contribution >= 4 is 12.1 Å². The Hall–Kier alpha value is -2.18. The van der Waals surface area contributed by atoms with Crippen LogP contribution in [0.3, 0.4) is 0 Å². The predicted molar refractivity (Wildman–Crippen MR) is 68.9 cm³/mol. The summed E-state index contributed by atoms with van der Waals surface area (Å²) in [6.45, 7) is -0.0140. The second kappa shape index (κ2) is 6.07. The Morgan fingerprint density at radius 2 is 1.95 bits per heavy atom. The molecule has 1 aliphatic carbocycles. The summed E-state index contributed by atoms with van der Waals surface area (Å²) < 4.78 is 30.4. The van der Waals surface area contributed by atoms with Gasteiger partial charge in [0.25, 0.3) is 0 Å². The van der Waals surface area contributed by atoms with E-state index in [0.29, 0.717) is 0 Å². The van der Waals surface area contributed by atoms with Gasteiger partial charge in [-0.2, -0.15) is 0 Å². The lowest BCUT2D eigenvalue weighted by Gasteiger charge is -2.38. The highest BCUT2D eigenvalue weighted by Gasteiger charge is 2.51. The second-order valence-electron chi connectivity index (χ2n) is 5.05. The van der Waals surface area contributed by atoms with Crippen molar-refractivity contribution in [3.05, 3.63) is 35.9 Å². The van der Waals surface area contributed by atoms with Gasteiger partial charge in [-0.1, -0.05) is 30.3 Å². The summed E-state index contributed by atoms with van der Waals surface area (Å²) >= 11 is 0. The lowest BCUT2D eigenvalue weighted by Crippen LogP contribution is -2.53. The summed E-state index contributed by atoms with van der Waals surface area (Å²) in [7, 11) is 0. The van der Waals surface area contributed by atoms with Crippen LogP contribution in [0.1, 0.15) is 18.4 Å². The van der Waals surface area contributed by atoms with E-state index in [9.17, 15) is 18.4 Å². The van der Waals surface area contributed by atoms with E-state index in [4.69, 9.17) is 9.84 Å². The summed E-state index contributed by atoms with van der Waals surface area (Å²) in [5.74, 6) is -4.96. The fourth-order valence-electron chi connectivity index (χ4n) is 2.22. The van der Waals surface area contributed by atoms with Crippen LogP contribution in [0.15, 0.2) is 30.3 Å². The number of carbonyl (C=O) groups excluding carboxylic acids is 1. The predicted octanol–water partition coefficient (Wildman–Crippen LogP) is 2.41. The normalized spacial score (nSPS) is 18.4. The molecule has 5 nitrogen and oxygen atoms in total. The molecule has 1 aromatic rings. The minimum Gasteiger partial charge on any atom is -0.480 e. The maximum absolute atomic E-state index is 12.8. The molecule has 1 saturated carbocycles. The molecule has 21 heavy (non-hydrogen) atoms. The number of carboxylic acid groups (broad SMARTS) is 1. The van der Waals surface area contributed by atoms with E-state index in [1.54, 1.807) is 30.3 Å². The number of aliphatic carboxylic acids is 1. The van der Waals surface area contributed by atoms with Gasteiger partial charge < -0.3 is 15.2 Å². The number of alkyl carbamates (subject to hydrolysis) is 1. The standard InChI is InChI=1S/C14H15F2NO4/c15-14(16)6-10(7-14)11(12(18)19)17-13(20)21-8-9-4-2-1-3-5-9/h1-5,10-11H,6-8H2,(H,17,20)(H,18,19). The molecular formula is C14H15F2NO4. The Bertz CT molecular complexity index is 513. The molecule has 0 heterocycles. The van der Waals surface area contributed by atoms with Gasteiger partial charge in [0.15, 0.2) is 0 Å². The number of carbonyl (C=O) groups is 2. The highest BCUT2D eigenvalue weighted by molar-refractivity contribution is 5.80.